The van der Waals surface area contributed by atoms with E-state index < -0.39 is 5.41 Å². The normalized spacial score (nSPS) is 10.3. The number of hydrogen-bond acceptors (Lipinski definition) is 3. The number of thiophene rings is 1. The molecule has 1 heterocycles. The zero-order chi connectivity index (χ0) is 9.19. The van der Waals surface area contributed by atoms with Gasteiger partial charge < -0.3 is 0 Å². The number of rotatable bonds is 1. The lowest BCUT2D eigenvalue weighted by molar-refractivity contribution is 0.703. The molecule has 0 atom stereocenters. The highest BCUT2D eigenvalue weighted by atomic mass is 32.1. The minimum Gasteiger partial charge on any atom is -0.197 e. The van der Waals surface area contributed by atoms with E-state index >= 15 is 0 Å². The fourth-order valence-electron chi connectivity index (χ4n) is 0.778. The van der Waals surface area contributed by atoms with E-state index in [-0.39, 0.29) is 0 Å². The van der Waals surface area contributed by atoms with Crippen molar-refractivity contribution in [2.45, 2.75) is 19.3 Å². The second-order valence-corrected chi connectivity index (χ2v) is 3.96. The van der Waals surface area contributed by atoms with Gasteiger partial charge in [-0.05, 0) is 19.9 Å². The van der Waals surface area contributed by atoms with Gasteiger partial charge >= 0.3 is 0 Å². The molecule has 0 aliphatic heterocycles. The molecule has 60 valence electrons. The SMILES string of the molecule is CC(C)(C#N)c1cc(C#N)cs1. The van der Waals surface area contributed by atoms with Crippen LogP contribution in [-0.2, 0) is 5.41 Å². The van der Waals surface area contributed by atoms with Crippen LogP contribution >= 0.6 is 11.3 Å². The van der Waals surface area contributed by atoms with Crippen LogP contribution in [-0.4, -0.2) is 0 Å². The highest BCUT2D eigenvalue weighted by Gasteiger charge is 2.21. The third-order valence-corrected chi connectivity index (χ3v) is 2.88. The molecule has 2 nitrogen and oxygen atoms in total. The van der Waals surface area contributed by atoms with Crippen molar-refractivity contribution < 1.29 is 0 Å². The molecule has 0 unspecified atom stereocenters. The molecule has 1 rings (SSSR count). The van der Waals surface area contributed by atoms with Crippen LogP contribution in [0.5, 0.6) is 0 Å². The summed E-state index contributed by atoms with van der Waals surface area (Å²) in [6.07, 6.45) is 0. The van der Waals surface area contributed by atoms with Gasteiger partial charge in [0.25, 0.3) is 0 Å². The van der Waals surface area contributed by atoms with Crippen molar-refractivity contribution >= 4 is 11.3 Å². The lowest BCUT2D eigenvalue weighted by atomic mass is 9.93. The zero-order valence-electron chi connectivity index (χ0n) is 6.96. The summed E-state index contributed by atoms with van der Waals surface area (Å²) in [7, 11) is 0. The average Bonchev–Trinajstić information content (AvgIpc) is 2.52. The molecule has 0 bridgehead atoms. The molecule has 0 aliphatic carbocycles. The highest BCUT2D eigenvalue weighted by molar-refractivity contribution is 7.10. The Hall–Kier alpha value is -1.32. The summed E-state index contributed by atoms with van der Waals surface area (Å²) in [4.78, 5) is 0.946. The Labute approximate surface area is 75.7 Å². The Balaban J connectivity index is 3.08. The molecular formula is C9H8N2S. The summed E-state index contributed by atoms with van der Waals surface area (Å²) in [6, 6.07) is 6.01. The summed E-state index contributed by atoms with van der Waals surface area (Å²) < 4.78 is 0. The van der Waals surface area contributed by atoms with Crippen molar-refractivity contribution in [2.75, 3.05) is 0 Å². The van der Waals surface area contributed by atoms with Gasteiger partial charge in [-0.25, -0.2) is 0 Å². The molecular weight excluding hydrogens is 168 g/mol. The van der Waals surface area contributed by atoms with Crippen molar-refractivity contribution in [2.24, 2.45) is 0 Å². The molecule has 12 heavy (non-hydrogen) atoms. The highest BCUT2D eigenvalue weighted by Crippen LogP contribution is 2.28. The van der Waals surface area contributed by atoms with Crippen LogP contribution in [0.15, 0.2) is 11.4 Å². The van der Waals surface area contributed by atoms with Gasteiger partial charge in [-0.3, -0.25) is 0 Å². The molecule has 1 aromatic heterocycles. The summed E-state index contributed by atoms with van der Waals surface area (Å²) >= 11 is 1.46. The maximum absolute atomic E-state index is 8.80. The minimum absolute atomic E-state index is 0.472. The van der Waals surface area contributed by atoms with E-state index in [1.54, 1.807) is 11.4 Å². The van der Waals surface area contributed by atoms with Crippen molar-refractivity contribution in [1.82, 2.24) is 0 Å². The first-order valence-corrected chi connectivity index (χ1v) is 4.38. The van der Waals surface area contributed by atoms with Crippen LogP contribution in [0, 0.1) is 22.7 Å². The Morgan fingerprint density at radius 1 is 1.42 bits per heavy atom. The lowest BCUT2D eigenvalue weighted by Gasteiger charge is -2.11. The smallest absolute Gasteiger partial charge is 0.100 e. The van der Waals surface area contributed by atoms with E-state index in [1.807, 2.05) is 19.9 Å². The van der Waals surface area contributed by atoms with E-state index in [4.69, 9.17) is 10.5 Å². The van der Waals surface area contributed by atoms with Crippen LogP contribution in [0.25, 0.3) is 0 Å². The quantitative estimate of drug-likeness (QED) is 0.659. The van der Waals surface area contributed by atoms with E-state index in [9.17, 15) is 0 Å². The third-order valence-electron chi connectivity index (χ3n) is 1.62. The Morgan fingerprint density at radius 2 is 2.08 bits per heavy atom. The van der Waals surface area contributed by atoms with Gasteiger partial charge in [-0.2, -0.15) is 10.5 Å². The topological polar surface area (TPSA) is 47.6 Å². The monoisotopic (exact) mass is 176 g/mol. The van der Waals surface area contributed by atoms with Gasteiger partial charge in [0.15, 0.2) is 0 Å². The average molecular weight is 176 g/mol. The molecule has 0 saturated heterocycles. The maximum Gasteiger partial charge on any atom is 0.100 e. The molecule has 0 saturated carbocycles. The predicted molar refractivity (Wildman–Crippen MR) is 47.7 cm³/mol. The molecule has 0 aliphatic rings. The van der Waals surface area contributed by atoms with Gasteiger partial charge in [-0.15, -0.1) is 11.3 Å². The van der Waals surface area contributed by atoms with Gasteiger partial charge in [-0.1, -0.05) is 0 Å². The molecule has 0 spiro atoms. The molecule has 0 aromatic carbocycles. The minimum atomic E-state index is -0.472. The molecule has 0 radical (unpaired) electrons. The van der Waals surface area contributed by atoms with Crippen LogP contribution in [0.3, 0.4) is 0 Å². The Morgan fingerprint density at radius 3 is 2.50 bits per heavy atom. The molecule has 3 heteroatoms. The molecule has 0 fully saturated rings. The largest absolute Gasteiger partial charge is 0.197 e. The fraction of sp³-hybridized carbons (Fsp3) is 0.333. The van der Waals surface area contributed by atoms with Crippen LogP contribution in [0.1, 0.15) is 24.3 Å². The van der Waals surface area contributed by atoms with Crippen molar-refractivity contribution in [3.05, 3.63) is 21.9 Å². The van der Waals surface area contributed by atoms with Gasteiger partial charge in [0.2, 0.25) is 0 Å². The van der Waals surface area contributed by atoms with Gasteiger partial charge in [0, 0.05) is 10.3 Å². The van der Waals surface area contributed by atoms with E-state index in [0.717, 1.165) is 4.88 Å². The zero-order valence-corrected chi connectivity index (χ0v) is 7.77. The van der Waals surface area contributed by atoms with E-state index in [2.05, 4.69) is 6.07 Å². The number of hydrogen-bond donors (Lipinski definition) is 0. The molecule has 0 amide bonds. The van der Waals surface area contributed by atoms with Crippen LogP contribution < -0.4 is 0 Å². The molecule has 0 N–H and O–H groups in total. The lowest BCUT2D eigenvalue weighted by Crippen LogP contribution is -2.11. The summed E-state index contributed by atoms with van der Waals surface area (Å²) in [5.41, 5.74) is 0.165. The number of nitriles is 2. The van der Waals surface area contributed by atoms with Crippen molar-refractivity contribution in [3.8, 4) is 12.1 Å². The van der Waals surface area contributed by atoms with Crippen molar-refractivity contribution in [1.29, 1.82) is 10.5 Å². The first kappa shape index (κ1) is 8.77. The summed E-state index contributed by atoms with van der Waals surface area (Å²) in [5.74, 6) is 0. The van der Waals surface area contributed by atoms with Gasteiger partial charge in [0.1, 0.15) is 6.07 Å². The predicted octanol–water partition coefficient (Wildman–Crippen LogP) is 2.42. The second kappa shape index (κ2) is 2.97. The third kappa shape index (κ3) is 1.47. The second-order valence-electron chi connectivity index (χ2n) is 3.05. The van der Waals surface area contributed by atoms with E-state index in [1.165, 1.54) is 11.3 Å². The first-order chi connectivity index (χ1) is 5.60. The molecule has 1 aromatic rings. The maximum atomic E-state index is 8.80. The van der Waals surface area contributed by atoms with Crippen molar-refractivity contribution in [3.63, 3.8) is 0 Å². The van der Waals surface area contributed by atoms with E-state index in [0.29, 0.717) is 5.56 Å². The Kier molecular flexibility index (Phi) is 2.17. The summed E-state index contributed by atoms with van der Waals surface area (Å²) in [6.45, 7) is 3.69. The standard InChI is InChI=1S/C9H8N2S/c1-9(2,6-11)8-3-7(4-10)5-12-8/h3,5H,1-2H3. The Bertz CT molecular complexity index is 363. The summed E-state index contributed by atoms with van der Waals surface area (Å²) in [5, 5.41) is 19.1. The first-order valence-electron chi connectivity index (χ1n) is 3.50. The van der Waals surface area contributed by atoms with Crippen LogP contribution in [0.2, 0.25) is 0 Å². The number of nitrogens with zero attached hydrogens (tertiary/aromatic N) is 2. The van der Waals surface area contributed by atoms with Gasteiger partial charge in [0.05, 0.1) is 17.0 Å². The fourth-order valence-corrected chi connectivity index (χ4v) is 1.69. The van der Waals surface area contributed by atoms with Crippen LogP contribution in [0.4, 0.5) is 0 Å².